The van der Waals surface area contributed by atoms with Gasteiger partial charge in [0.15, 0.2) is 5.16 Å². The zero-order valence-electron chi connectivity index (χ0n) is 14.6. The Morgan fingerprint density at radius 2 is 2.15 bits per heavy atom. The summed E-state index contributed by atoms with van der Waals surface area (Å²) >= 11 is 2.81. The fraction of sp³-hybridized carbons (Fsp3) is 0.316. The summed E-state index contributed by atoms with van der Waals surface area (Å²) < 4.78 is 6.50. The fourth-order valence-electron chi connectivity index (χ4n) is 3.30. The molecule has 1 aromatic carbocycles. The first-order chi connectivity index (χ1) is 12.6. The Kier molecular flexibility index (Phi) is 4.58. The molecule has 2 aromatic heterocycles. The zero-order valence-corrected chi connectivity index (χ0v) is 16.2. The van der Waals surface area contributed by atoms with Gasteiger partial charge in [-0.25, -0.2) is 4.98 Å². The number of thioether (sulfide) groups is 1. The highest BCUT2D eigenvalue weighted by Gasteiger charge is 2.24. The van der Waals surface area contributed by atoms with Crippen LogP contribution in [0.25, 0.3) is 20.7 Å². The molecule has 0 N–H and O–H groups in total. The standard InChI is InChI=1S/C19H18N2O3S2/c1-3-24-14(22)10-25-19-20-17-15(18(23)21(19)2)13-9-8-11-6-4-5-7-12(11)16(13)26-17/h4-7H,3,8-10H2,1-2H3. The molecule has 4 rings (SSSR count). The number of aromatic nitrogens is 2. The number of aryl methyl sites for hydroxylation is 2. The lowest BCUT2D eigenvalue weighted by molar-refractivity contribution is -0.139. The minimum Gasteiger partial charge on any atom is -0.465 e. The Morgan fingerprint density at radius 1 is 1.35 bits per heavy atom. The first-order valence-electron chi connectivity index (χ1n) is 8.49. The normalized spacial score (nSPS) is 12.7. The number of hydrogen-bond donors (Lipinski definition) is 0. The zero-order chi connectivity index (χ0) is 18.3. The largest absolute Gasteiger partial charge is 0.465 e. The van der Waals surface area contributed by atoms with E-state index < -0.39 is 0 Å². The molecule has 0 saturated heterocycles. The van der Waals surface area contributed by atoms with Gasteiger partial charge in [0.25, 0.3) is 5.56 Å². The van der Waals surface area contributed by atoms with Crippen molar-refractivity contribution in [2.75, 3.05) is 12.4 Å². The van der Waals surface area contributed by atoms with Crippen LogP contribution >= 0.6 is 23.1 Å². The average Bonchev–Trinajstić information content (AvgIpc) is 3.02. The maximum absolute atomic E-state index is 13.0. The Balaban J connectivity index is 1.80. The predicted molar refractivity (Wildman–Crippen MR) is 105 cm³/mol. The Bertz CT molecular complexity index is 1070. The van der Waals surface area contributed by atoms with Crippen LogP contribution in [0.4, 0.5) is 0 Å². The van der Waals surface area contributed by atoms with Crippen LogP contribution in [0.2, 0.25) is 0 Å². The molecule has 0 fully saturated rings. The summed E-state index contributed by atoms with van der Waals surface area (Å²) in [7, 11) is 1.71. The highest BCUT2D eigenvalue weighted by atomic mass is 32.2. The van der Waals surface area contributed by atoms with Crippen LogP contribution in [-0.4, -0.2) is 27.9 Å². The molecule has 0 atom stereocenters. The van der Waals surface area contributed by atoms with E-state index in [1.165, 1.54) is 22.9 Å². The van der Waals surface area contributed by atoms with Crippen molar-refractivity contribution in [3.05, 3.63) is 45.7 Å². The van der Waals surface area contributed by atoms with Crippen LogP contribution in [-0.2, 0) is 29.4 Å². The first-order valence-corrected chi connectivity index (χ1v) is 10.3. The highest BCUT2D eigenvalue weighted by Crippen LogP contribution is 2.42. The van der Waals surface area contributed by atoms with E-state index in [2.05, 4.69) is 23.2 Å². The molecule has 3 aromatic rings. The quantitative estimate of drug-likeness (QED) is 0.391. The van der Waals surface area contributed by atoms with Crippen molar-refractivity contribution in [3.8, 4) is 10.4 Å². The third-order valence-electron chi connectivity index (χ3n) is 4.52. The van der Waals surface area contributed by atoms with Gasteiger partial charge in [0.05, 0.1) is 17.7 Å². The SMILES string of the molecule is CCOC(=O)CSc1nc2sc3c(c2c(=O)n1C)CCc1ccccc1-3. The summed E-state index contributed by atoms with van der Waals surface area (Å²) in [6.07, 6.45) is 1.80. The van der Waals surface area contributed by atoms with Crippen molar-refractivity contribution in [3.63, 3.8) is 0 Å². The number of nitrogens with zero attached hydrogens (tertiary/aromatic N) is 2. The fourth-order valence-corrected chi connectivity index (χ4v) is 5.39. The van der Waals surface area contributed by atoms with E-state index in [0.717, 1.165) is 33.5 Å². The molecule has 1 aliphatic carbocycles. The summed E-state index contributed by atoms with van der Waals surface area (Å²) in [5, 5.41) is 1.27. The molecule has 0 bridgehead atoms. The maximum Gasteiger partial charge on any atom is 0.316 e. The Hall–Kier alpha value is -2.12. The number of hydrogen-bond acceptors (Lipinski definition) is 6. The van der Waals surface area contributed by atoms with Crippen molar-refractivity contribution < 1.29 is 9.53 Å². The number of ether oxygens (including phenoxy) is 1. The second-order valence-corrected chi connectivity index (χ2v) is 8.04. The Morgan fingerprint density at radius 3 is 2.96 bits per heavy atom. The van der Waals surface area contributed by atoms with Gasteiger partial charge in [-0.3, -0.25) is 14.2 Å². The smallest absolute Gasteiger partial charge is 0.316 e. The molecule has 2 heterocycles. The summed E-state index contributed by atoms with van der Waals surface area (Å²) in [6.45, 7) is 2.12. The molecule has 0 amide bonds. The molecule has 0 spiro atoms. The second kappa shape index (κ2) is 6.89. The molecule has 0 unspecified atom stereocenters. The van der Waals surface area contributed by atoms with E-state index in [1.54, 1.807) is 29.9 Å². The molecule has 134 valence electrons. The van der Waals surface area contributed by atoms with Gasteiger partial charge >= 0.3 is 5.97 Å². The predicted octanol–water partition coefficient (Wildman–Crippen LogP) is 3.42. The number of esters is 1. The van der Waals surface area contributed by atoms with Gasteiger partial charge in [0.1, 0.15) is 4.83 Å². The number of thiophene rings is 1. The average molecular weight is 386 g/mol. The van der Waals surface area contributed by atoms with Crippen LogP contribution in [0.3, 0.4) is 0 Å². The maximum atomic E-state index is 13.0. The summed E-state index contributed by atoms with van der Waals surface area (Å²) in [5.41, 5.74) is 3.59. The number of fused-ring (bicyclic) bond motifs is 5. The van der Waals surface area contributed by atoms with Gasteiger partial charge in [-0.05, 0) is 36.5 Å². The monoisotopic (exact) mass is 386 g/mol. The molecule has 0 radical (unpaired) electrons. The molecule has 26 heavy (non-hydrogen) atoms. The van der Waals surface area contributed by atoms with Crippen LogP contribution in [0.15, 0.2) is 34.2 Å². The second-order valence-electron chi connectivity index (χ2n) is 6.10. The van der Waals surface area contributed by atoms with Gasteiger partial charge in [-0.1, -0.05) is 36.0 Å². The van der Waals surface area contributed by atoms with Gasteiger partial charge in [-0.15, -0.1) is 11.3 Å². The molecule has 7 heteroatoms. The van der Waals surface area contributed by atoms with Crippen LogP contribution in [0.1, 0.15) is 18.1 Å². The number of carbonyl (C=O) groups excluding carboxylic acids is 1. The van der Waals surface area contributed by atoms with E-state index in [4.69, 9.17) is 4.74 Å². The summed E-state index contributed by atoms with van der Waals surface area (Å²) in [5.74, 6) is -0.153. The van der Waals surface area contributed by atoms with E-state index in [-0.39, 0.29) is 17.3 Å². The van der Waals surface area contributed by atoms with Crippen molar-refractivity contribution in [2.24, 2.45) is 7.05 Å². The van der Waals surface area contributed by atoms with E-state index in [1.807, 2.05) is 6.07 Å². The number of carbonyl (C=O) groups is 1. The van der Waals surface area contributed by atoms with E-state index >= 15 is 0 Å². The van der Waals surface area contributed by atoms with Crippen molar-refractivity contribution >= 4 is 39.3 Å². The molecular weight excluding hydrogens is 368 g/mol. The Labute approximate surface area is 159 Å². The topological polar surface area (TPSA) is 61.2 Å². The lowest BCUT2D eigenvalue weighted by Crippen LogP contribution is -2.21. The van der Waals surface area contributed by atoms with Crippen LogP contribution in [0.5, 0.6) is 0 Å². The molecule has 0 saturated carbocycles. The summed E-state index contributed by atoms with van der Waals surface area (Å²) in [6, 6.07) is 8.35. The van der Waals surface area contributed by atoms with Gasteiger partial charge in [0.2, 0.25) is 0 Å². The lowest BCUT2D eigenvalue weighted by atomic mass is 9.90. The minimum absolute atomic E-state index is 0.0433. The van der Waals surface area contributed by atoms with Crippen molar-refractivity contribution in [2.45, 2.75) is 24.9 Å². The third-order valence-corrected chi connectivity index (χ3v) is 6.68. The van der Waals surface area contributed by atoms with E-state index in [9.17, 15) is 9.59 Å². The van der Waals surface area contributed by atoms with E-state index in [0.29, 0.717) is 11.8 Å². The lowest BCUT2D eigenvalue weighted by Gasteiger charge is -2.15. The first kappa shape index (κ1) is 17.3. The number of benzene rings is 1. The molecule has 5 nitrogen and oxygen atoms in total. The van der Waals surface area contributed by atoms with Gasteiger partial charge < -0.3 is 4.74 Å². The minimum atomic E-state index is -0.300. The van der Waals surface area contributed by atoms with Crippen LogP contribution in [0, 0.1) is 0 Å². The molecule has 0 aliphatic heterocycles. The summed E-state index contributed by atoms with van der Waals surface area (Å²) in [4.78, 5) is 31.2. The molecular formula is C19H18N2O3S2. The third kappa shape index (κ3) is 2.85. The van der Waals surface area contributed by atoms with Crippen molar-refractivity contribution in [1.29, 1.82) is 0 Å². The van der Waals surface area contributed by atoms with Crippen LogP contribution < -0.4 is 5.56 Å². The van der Waals surface area contributed by atoms with Gasteiger partial charge in [-0.2, -0.15) is 0 Å². The highest BCUT2D eigenvalue weighted by molar-refractivity contribution is 7.99. The van der Waals surface area contributed by atoms with Gasteiger partial charge in [0, 0.05) is 11.9 Å². The van der Waals surface area contributed by atoms with Crippen molar-refractivity contribution in [1.82, 2.24) is 9.55 Å². The number of rotatable bonds is 4. The molecule has 1 aliphatic rings.